The molecule has 0 unspecified atom stereocenters. The predicted molar refractivity (Wildman–Crippen MR) is 70.4 cm³/mol. The average molecular weight is 215 g/mol. The molecule has 1 aliphatic carbocycles. The number of benzene rings is 1. The molecule has 1 saturated carbocycles. The fourth-order valence-electron chi connectivity index (χ4n) is 2.58. The minimum absolute atomic E-state index is 0.977. The Morgan fingerprint density at radius 1 is 1.00 bits per heavy atom. The van der Waals surface area contributed by atoms with Crippen molar-refractivity contribution < 1.29 is 0 Å². The van der Waals surface area contributed by atoms with E-state index in [1.165, 1.54) is 49.7 Å². The van der Waals surface area contributed by atoms with Crippen molar-refractivity contribution in [2.24, 2.45) is 5.92 Å². The van der Waals surface area contributed by atoms with Crippen LogP contribution in [0, 0.1) is 18.8 Å². The molecule has 1 aromatic carbocycles. The summed E-state index contributed by atoms with van der Waals surface area (Å²) in [5, 5.41) is 0. The van der Waals surface area contributed by atoms with E-state index in [0.29, 0.717) is 0 Å². The second kappa shape index (κ2) is 5.52. The quantitative estimate of drug-likeness (QED) is 0.685. The van der Waals surface area contributed by atoms with Crippen LogP contribution in [0.5, 0.6) is 0 Å². The van der Waals surface area contributed by atoms with Gasteiger partial charge in [-0.15, -0.1) is 0 Å². The van der Waals surface area contributed by atoms with E-state index in [1.54, 1.807) is 5.92 Å². The summed E-state index contributed by atoms with van der Waals surface area (Å²) in [5.74, 6) is 2.69. The molecule has 0 atom stereocenters. The Balaban J connectivity index is 1.77. The van der Waals surface area contributed by atoms with Crippen molar-refractivity contribution in [2.75, 3.05) is 0 Å². The van der Waals surface area contributed by atoms with Crippen LogP contribution in [-0.2, 0) is 6.42 Å². The summed E-state index contributed by atoms with van der Waals surface area (Å²) < 4.78 is 0. The van der Waals surface area contributed by atoms with Crippen molar-refractivity contribution in [2.45, 2.75) is 52.4 Å². The first-order valence-electron chi connectivity index (χ1n) is 6.61. The Hall–Kier alpha value is -0.780. The topological polar surface area (TPSA) is 0 Å². The SMILES string of the molecule is C[C]1CCC(CCc2ccc(C)cc2)CC1. The summed E-state index contributed by atoms with van der Waals surface area (Å²) in [5.41, 5.74) is 2.88. The second-order valence-corrected chi connectivity index (χ2v) is 5.42. The molecule has 0 spiro atoms. The van der Waals surface area contributed by atoms with Gasteiger partial charge in [0.2, 0.25) is 0 Å². The Labute approximate surface area is 100 Å². The third-order valence-electron chi connectivity index (χ3n) is 3.92. The van der Waals surface area contributed by atoms with Gasteiger partial charge in [-0.1, -0.05) is 36.8 Å². The van der Waals surface area contributed by atoms with Gasteiger partial charge >= 0.3 is 0 Å². The largest absolute Gasteiger partial charge is 0.0591 e. The minimum atomic E-state index is 0.977. The van der Waals surface area contributed by atoms with E-state index in [-0.39, 0.29) is 0 Å². The van der Waals surface area contributed by atoms with Gasteiger partial charge in [-0.2, -0.15) is 0 Å². The third kappa shape index (κ3) is 3.37. The highest BCUT2D eigenvalue weighted by molar-refractivity contribution is 5.21. The van der Waals surface area contributed by atoms with E-state index < -0.39 is 0 Å². The maximum Gasteiger partial charge on any atom is -0.0272 e. The van der Waals surface area contributed by atoms with Crippen molar-refractivity contribution in [1.29, 1.82) is 0 Å². The lowest BCUT2D eigenvalue weighted by atomic mass is 9.80. The second-order valence-electron chi connectivity index (χ2n) is 5.42. The minimum Gasteiger partial charge on any atom is -0.0591 e. The Kier molecular flexibility index (Phi) is 4.04. The molecular formula is C16H23. The summed E-state index contributed by atoms with van der Waals surface area (Å²) in [6.07, 6.45) is 8.26. The molecule has 0 heteroatoms. The van der Waals surface area contributed by atoms with Crippen LogP contribution in [0.3, 0.4) is 0 Å². The molecule has 0 bridgehead atoms. The summed E-state index contributed by atoms with van der Waals surface area (Å²) >= 11 is 0. The lowest BCUT2D eigenvalue weighted by Crippen LogP contribution is -2.11. The fraction of sp³-hybridized carbons (Fsp3) is 0.562. The number of hydrogen-bond donors (Lipinski definition) is 0. The number of hydrogen-bond acceptors (Lipinski definition) is 0. The van der Waals surface area contributed by atoms with Crippen LogP contribution in [0.25, 0.3) is 0 Å². The van der Waals surface area contributed by atoms with Gasteiger partial charge in [-0.25, -0.2) is 0 Å². The maximum atomic E-state index is 2.32. The molecule has 1 radical (unpaired) electrons. The molecule has 16 heavy (non-hydrogen) atoms. The van der Waals surface area contributed by atoms with E-state index in [2.05, 4.69) is 38.1 Å². The van der Waals surface area contributed by atoms with E-state index in [0.717, 1.165) is 5.92 Å². The van der Waals surface area contributed by atoms with Crippen LogP contribution in [0.4, 0.5) is 0 Å². The molecule has 0 aliphatic heterocycles. The van der Waals surface area contributed by atoms with Crippen LogP contribution in [0.1, 0.15) is 50.2 Å². The Morgan fingerprint density at radius 2 is 1.62 bits per heavy atom. The molecule has 1 aromatic rings. The number of rotatable bonds is 3. The van der Waals surface area contributed by atoms with E-state index in [1.807, 2.05) is 0 Å². The van der Waals surface area contributed by atoms with Crippen LogP contribution >= 0.6 is 0 Å². The zero-order valence-corrected chi connectivity index (χ0v) is 10.6. The average Bonchev–Trinajstić information content (AvgIpc) is 2.30. The zero-order chi connectivity index (χ0) is 11.4. The van der Waals surface area contributed by atoms with Crippen molar-refractivity contribution in [1.82, 2.24) is 0 Å². The highest BCUT2D eigenvalue weighted by Gasteiger charge is 2.17. The monoisotopic (exact) mass is 215 g/mol. The molecule has 87 valence electrons. The summed E-state index contributed by atoms with van der Waals surface area (Å²) in [6, 6.07) is 9.04. The van der Waals surface area contributed by atoms with Crippen molar-refractivity contribution in [3.05, 3.63) is 41.3 Å². The van der Waals surface area contributed by atoms with Gasteiger partial charge in [0.25, 0.3) is 0 Å². The van der Waals surface area contributed by atoms with E-state index >= 15 is 0 Å². The first kappa shape index (κ1) is 11.7. The molecule has 0 amide bonds. The summed E-state index contributed by atoms with van der Waals surface area (Å²) in [6.45, 7) is 4.47. The van der Waals surface area contributed by atoms with Gasteiger partial charge < -0.3 is 0 Å². The van der Waals surface area contributed by atoms with Crippen molar-refractivity contribution >= 4 is 0 Å². The molecule has 2 rings (SSSR count). The van der Waals surface area contributed by atoms with Crippen LogP contribution < -0.4 is 0 Å². The molecule has 0 nitrogen and oxygen atoms in total. The molecular weight excluding hydrogens is 192 g/mol. The van der Waals surface area contributed by atoms with E-state index in [9.17, 15) is 0 Å². The Morgan fingerprint density at radius 3 is 2.25 bits per heavy atom. The molecule has 1 aliphatic rings. The molecule has 0 saturated heterocycles. The first-order chi connectivity index (χ1) is 7.74. The lowest BCUT2D eigenvalue weighted by Gasteiger charge is -2.25. The molecule has 1 fully saturated rings. The van der Waals surface area contributed by atoms with Gasteiger partial charge in [0.15, 0.2) is 0 Å². The van der Waals surface area contributed by atoms with Gasteiger partial charge in [-0.3, -0.25) is 0 Å². The fourth-order valence-corrected chi connectivity index (χ4v) is 2.58. The first-order valence-corrected chi connectivity index (χ1v) is 6.61. The van der Waals surface area contributed by atoms with Crippen molar-refractivity contribution in [3.8, 4) is 0 Å². The normalized spacial score (nSPS) is 18.9. The number of aryl methyl sites for hydroxylation is 2. The standard InChI is InChI=1S/C16H23/c1-13-3-7-15(8-4-13)11-12-16-9-5-14(2)6-10-16/h3-4,7-8,16H,5-6,9-12H2,1-2H3. The smallest absolute Gasteiger partial charge is 0.0272 e. The third-order valence-corrected chi connectivity index (χ3v) is 3.92. The lowest BCUT2D eigenvalue weighted by molar-refractivity contribution is 0.358. The van der Waals surface area contributed by atoms with Gasteiger partial charge in [0.1, 0.15) is 0 Å². The van der Waals surface area contributed by atoms with Gasteiger partial charge in [0, 0.05) is 0 Å². The highest BCUT2D eigenvalue weighted by atomic mass is 14.2. The van der Waals surface area contributed by atoms with Gasteiger partial charge in [0.05, 0.1) is 0 Å². The summed E-state index contributed by atoms with van der Waals surface area (Å²) in [7, 11) is 0. The maximum absolute atomic E-state index is 2.32. The van der Waals surface area contributed by atoms with Crippen LogP contribution in [0.2, 0.25) is 0 Å². The van der Waals surface area contributed by atoms with Gasteiger partial charge in [-0.05, 0) is 62.8 Å². The van der Waals surface area contributed by atoms with E-state index in [4.69, 9.17) is 0 Å². The molecule has 0 aromatic heterocycles. The Bertz CT molecular complexity index is 301. The highest BCUT2D eigenvalue weighted by Crippen LogP contribution is 2.32. The molecule has 0 N–H and O–H groups in total. The zero-order valence-electron chi connectivity index (χ0n) is 10.6. The van der Waals surface area contributed by atoms with Crippen LogP contribution in [-0.4, -0.2) is 0 Å². The molecule has 0 heterocycles. The van der Waals surface area contributed by atoms with Crippen molar-refractivity contribution in [3.63, 3.8) is 0 Å². The summed E-state index contributed by atoms with van der Waals surface area (Å²) in [4.78, 5) is 0. The predicted octanol–water partition coefficient (Wildman–Crippen LogP) is 4.71. The van der Waals surface area contributed by atoms with Crippen LogP contribution in [0.15, 0.2) is 24.3 Å².